The van der Waals surface area contributed by atoms with Gasteiger partial charge in [-0.3, -0.25) is 4.79 Å². The molecule has 0 saturated carbocycles. The Balaban J connectivity index is 3.07. The fraction of sp³-hybridized carbons (Fsp3) is 0.167. The summed E-state index contributed by atoms with van der Waals surface area (Å²) in [6.07, 6.45) is 1.52. The fourth-order valence-electron chi connectivity index (χ4n) is 1.06. The summed E-state index contributed by atoms with van der Waals surface area (Å²) >= 11 is 3.21. The first-order chi connectivity index (χ1) is 5.70. The minimum Gasteiger partial charge on any atom is -0.317 e. The molecule has 0 aliphatic carbocycles. The first kappa shape index (κ1) is 7.48. The average molecular weight is 229 g/mol. The van der Waals surface area contributed by atoms with Crippen LogP contribution in [-0.4, -0.2) is 19.7 Å². The van der Waals surface area contributed by atoms with Crippen LogP contribution >= 0.6 is 15.9 Å². The minimum atomic E-state index is -0.229. The molecule has 0 atom stereocenters. The van der Waals surface area contributed by atoms with Crippen LogP contribution < -0.4 is 5.56 Å². The van der Waals surface area contributed by atoms with Crippen molar-refractivity contribution in [1.29, 1.82) is 0 Å². The second-order valence-corrected chi connectivity index (χ2v) is 3.08. The van der Waals surface area contributed by atoms with Crippen LogP contribution in [0.5, 0.6) is 0 Å². The van der Waals surface area contributed by atoms with Gasteiger partial charge in [-0.05, 0) is 15.9 Å². The van der Waals surface area contributed by atoms with Crippen molar-refractivity contribution in [3.8, 4) is 0 Å². The van der Waals surface area contributed by atoms with E-state index in [4.69, 9.17) is 0 Å². The van der Waals surface area contributed by atoms with Gasteiger partial charge in [-0.1, -0.05) is 0 Å². The Morgan fingerprint density at radius 2 is 2.42 bits per heavy atom. The number of hydrogen-bond acceptors (Lipinski definition) is 3. The number of aromatic amines is 1. The summed E-state index contributed by atoms with van der Waals surface area (Å²) in [5.41, 5.74) is 0.887. The van der Waals surface area contributed by atoms with Crippen LogP contribution in [0.2, 0.25) is 0 Å². The monoisotopic (exact) mass is 228 g/mol. The lowest BCUT2D eigenvalue weighted by Gasteiger charge is -1.91. The Bertz CT molecular complexity index is 486. The lowest BCUT2D eigenvalue weighted by molar-refractivity contribution is 0.898. The van der Waals surface area contributed by atoms with Crippen LogP contribution in [0.3, 0.4) is 0 Å². The highest BCUT2D eigenvalue weighted by molar-refractivity contribution is 9.10. The quantitative estimate of drug-likeness (QED) is 0.711. The van der Waals surface area contributed by atoms with Gasteiger partial charge in [0.15, 0.2) is 4.73 Å². The van der Waals surface area contributed by atoms with E-state index in [2.05, 4.69) is 31.1 Å². The van der Waals surface area contributed by atoms with Crippen molar-refractivity contribution in [2.75, 3.05) is 0 Å². The van der Waals surface area contributed by atoms with Crippen molar-refractivity contribution in [1.82, 2.24) is 19.7 Å². The van der Waals surface area contributed by atoms with Crippen LogP contribution in [-0.2, 0) is 7.05 Å². The first-order valence-electron chi connectivity index (χ1n) is 3.26. The minimum absolute atomic E-state index is 0.229. The molecule has 0 aliphatic heterocycles. The van der Waals surface area contributed by atoms with Crippen molar-refractivity contribution >= 4 is 27.0 Å². The maximum atomic E-state index is 11.2. The van der Waals surface area contributed by atoms with Crippen LogP contribution in [0.25, 0.3) is 11.0 Å². The number of fused-ring (bicyclic) bond motifs is 1. The second-order valence-electron chi connectivity index (χ2n) is 2.37. The number of H-pyrrole nitrogens is 1. The normalized spacial score (nSPS) is 10.8. The Morgan fingerprint density at radius 3 is 3.08 bits per heavy atom. The summed E-state index contributed by atoms with van der Waals surface area (Å²) in [6, 6.07) is 0. The number of rotatable bonds is 0. The van der Waals surface area contributed by atoms with Crippen molar-refractivity contribution in [2.24, 2.45) is 7.05 Å². The molecule has 0 saturated heterocycles. The molecular weight excluding hydrogens is 224 g/mol. The highest BCUT2D eigenvalue weighted by atomic mass is 79.9. The van der Waals surface area contributed by atoms with Gasteiger partial charge in [0.2, 0.25) is 0 Å². The van der Waals surface area contributed by atoms with Crippen molar-refractivity contribution in [3.63, 3.8) is 0 Å². The number of imidazole rings is 1. The van der Waals surface area contributed by atoms with E-state index in [0.29, 0.717) is 15.8 Å². The predicted octanol–water partition coefficient (Wildman–Crippen LogP) is 0.419. The molecule has 0 aromatic carbocycles. The van der Waals surface area contributed by atoms with Crippen LogP contribution in [0, 0.1) is 0 Å². The van der Waals surface area contributed by atoms with Crippen molar-refractivity contribution in [3.05, 3.63) is 21.3 Å². The zero-order valence-electron chi connectivity index (χ0n) is 6.21. The largest absolute Gasteiger partial charge is 0.317 e. The fourth-order valence-corrected chi connectivity index (χ4v) is 1.42. The summed E-state index contributed by atoms with van der Waals surface area (Å²) in [7, 11) is 1.76. The Labute approximate surface area is 75.6 Å². The highest BCUT2D eigenvalue weighted by Gasteiger charge is 2.07. The maximum absolute atomic E-state index is 11.2. The number of halogens is 1. The molecule has 2 heterocycles. The molecule has 0 radical (unpaired) electrons. The molecule has 62 valence electrons. The molecule has 2 aromatic heterocycles. The van der Waals surface area contributed by atoms with Gasteiger partial charge in [0, 0.05) is 7.05 Å². The maximum Gasteiger partial charge on any atom is 0.290 e. The molecule has 1 N–H and O–H groups in total. The average Bonchev–Trinajstić information content (AvgIpc) is 2.29. The standard InChI is InChI=1S/C6H5BrN4O/c1-11-4-3(9-6(11)7)2-8-10-5(4)12/h2H,1H3,(H,10,12). The summed E-state index contributed by atoms with van der Waals surface area (Å²) in [4.78, 5) is 15.3. The lowest BCUT2D eigenvalue weighted by Crippen LogP contribution is -2.10. The SMILES string of the molecule is Cn1c(Br)nc2cn[nH]c(=O)c21. The summed E-state index contributed by atoms with van der Waals surface area (Å²) in [6.45, 7) is 0. The number of nitrogens with zero attached hydrogens (tertiary/aromatic N) is 3. The van der Waals surface area contributed by atoms with Gasteiger partial charge in [0.1, 0.15) is 11.0 Å². The Morgan fingerprint density at radius 1 is 1.67 bits per heavy atom. The third-order valence-corrected chi connectivity index (χ3v) is 2.34. The molecule has 0 bridgehead atoms. The third-order valence-electron chi connectivity index (χ3n) is 1.64. The van der Waals surface area contributed by atoms with Gasteiger partial charge in [0.05, 0.1) is 6.20 Å². The number of aromatic nitrogens is 4. The summed E-state index contributed by atoms with van der Waals surface area (Å²) in [5, 5.41) is 5.97. The molecule has 0 amide bonds. The molecule has 0 spiro atoms. The van der Waals surface area contributed by atoms with E-state index < -0.39 is 0 Å². The molecule has 0 unspecified atom stereocenters. The van der Waals surface area contributed by atoms with E-state index in [1.807, 2.05) is 0 Å². The van der Waals surface area contributed by atoms with E-state index in [1.54, 1.807) is 11.6 Å². The molecule has 0 aliphatic rings. The van der Waals surface area contributed by atoms with Crippen molar-refractivity contribution in [2.45, 2.75) is 0 Å². The lowest BCUT2D eigenvalue weighted by atomic mass is 10.5. The Hall–Kier alpha value is -1.17. The van der Waals surface area contributed by atoms with E-state index in [-0.39, 0.29) is 5.56 Å². The van der Waals surface area contributed by atoms with Gasteiger partial charge in [-0.15, -0.1) is 0 Å². The molecule has 2 rings (SSSR count). The number of nitrogens with one attached hydrogen (secondary N) is 1. The van der Waals surface area contributed by atoms with E-state index >= 15 is 0 Å². The van der Waals surface area contributed by atoms with Gasteiger partial charge >= 0.3 is 0 Å². The third kappa shape index (κ3) is 0.878. The van der Waals surface area contributed by atoms with Gasteiger partial charge in [-0.2, -0.15) is 5.10 Å². The molecule has 6 heteroatoms. The smallest absolute Gasteiger partial charge is 0.290 e. The van der Waals surface area contributed by atoms with Gasteiger partial charge in [0.25, 0.3) is 5.56 Å². The number of hydrogen-bond donors (Lipinski definition) is 1. The van der Waals surface area contributed by atoms with Crippen molar-refractivity contribution < 1.29 is 0 Å². The summed E-state index contributed by atoms with van der Waals surface area (Å²) in [5.74, 6) is 0. The molecule has 12 heavy (non-hydrogen) atoms. The molecule has 5 nitrogen and oxygen atoms in total. The topological polar surface area (TPSA) is 63.6 Å². The predicted molar refractivity (Wildman–Crippen MR) is 46.8 cm³/mol. The zero-order valence-corrected chi connectivity index (χ0v) is 7.79. The van der Waals surface area contributed by atoms with Crippen LogP contribution in [0.4, 0.5) is 0 Å². The van der Waals surface area contributed by atoms with E-state index in [9.17, 15) is 4.79 Å². The second kappa shape index (κ2) is 2.41. The first-order valence-corrected chi connectivity index (χ1v) is 4.05. The van der Waals surface area contributed by atoms with E-state index in [0.717, 1.165) is 0 Å². The van der Waals surface area contributed by atoms with Gasteiger partial charge < -0.3 is 4.57 Å². The van der Waals surface area contributed by atoms with Crippen LogP contribution in [0.15, 0.2) is 15.7 Å². The molecule has 2 aromatic rings. The number of aryl methyl sites for hydroxylation is 1. The van der Waals surface area contributed by atoms with E-state index in [1.165, 1.54) is 6.20 Å². The molecular formula is C6H5BrN4O. The van der Waals surface area contributed by atoms with Crippen LogP contribution in [0.1, 0.15) is 0 Å². The highest BCUT2D eigenvalue weighted by Crippen LogP contribution is 2.13. The van der Waals surface area contributed by atoms with Gasteiger partial charge in [-0.25, -0.2) is 10.1 Å². The zero-order chi connectivity index (χ0) is 8.72. The molecule has 0 fully saturated rings. The summed E-state index contributed by atoms with van der Waals surface area (Å²) < 4.78 is 2.28. The Kier molecular flexibility index (Phi) is 1.50.